The summed E-state index contributed by atoms with van der Waals surface area (Å²) >= 11 is 0. The fourth-order valence-electron chi connectivity index (χ4n) is 7.98. The first-order valence-electron chi connectivity index (χ1n) is 12.2. The lowest BCUT2D eigenvalue weighted by atomic mass is 9.47. The summed E-state index contributed by atoms with van der Waals surface area (Å²) in [7, 11) is 0. The molecule has 0 N–H and O–H groups in total. The number of allylic oxidation sites excluding steroid dienone is 1. The molecule has 5 aliphatic rings. The molecular formula is C25H38O5. The molecule has 1 heterocycles. The molecule has 0 radical (unpaired) electrons. The third-order valence-electron chi connectivity index (χ3n) is 9.52. The molecule has 168 valence electrons. The van der Waals surface area contributed by atoms with Gasteiger partial charge in [-0.15, -0.1) is 0 Å². The second kappa shape index (κ2) is 7.60. The van der Waals surface area contributed by atoms with Gasteiger partial charge in [0.2, 0.25) is 0 Å². The van der Waals surface area contributed by atoms with Crippen molar-refractivity contribution in [2.24, 2.45) is 28.6 Å². The summed E-state index contributed by atoms with van der Waals surface area (Å²) < 4.78 is 23.3. The Hall–Kier alpha value is -0.910. The first-order chi connectivity index (χ1) is 14.4. The van der Waals surface area contributed by atoms with Gasteiger partial charge in [-0.25, -0.2) is 4.79 Å². The van der Waals surface area contributed by atoms with Gasteiger partial charge in [0.05, 0.1) is 25.9 Å². The highest BCUT2D eigenvalue weighted by Crippen LogP contribution is 2.66. The van der Waals surface area contributed by atoms with Crippen LogP contribution in [0.2, 0.25) is 0 Å². The molecule has 5 rings (SSSR count). The zero-order valence-electron chi connectivity index (χ0n) is 18.9. The van der Waals surface area contributed by atoms with Gasteiger partial charge in [-0.05, 0) is 86.5 Å². The molecule has 0 aromatic rings. The molecule has 3 saturated carbocycles. The molecule has 6 atom stereocenters. The molecule has 5 nitrogen and oxygen atoms in total. The average Bonchev–Trinajstić information content (AvgIpc) is 3.31. The van der Waals surface area contributed by atoms with Crippen LogP contribution < -0.4 is 0 Å². The Labute approximate surface area is 180 Å². The zero-order chi connectivity index (χ0) is 21.0. The van der Waals surface area contributed by atoms with Crippen LogP contribution in [0.1, 0.15) is 72.1 Å². The third-order valence-corrected chi connectivity index (χ3v) is 9.52. The number of esters is 1. The van der Waals surface area contributed by atoms with Crippen LogP contribution in [-0.2, 0) is 23.7 Å². The highest BCUT2D eigenvalue weighted by Gasteiger charge is 2.60. The Morgan fingerprint density at radius 1 is 1.07 bits per heavy atom. The van der Waals surface area contributed by atoms with Crippen molar-refractivity contribution in [2.45, 2.75) is 84.0 Å². The maximum Gasteiger partial charge on any atom is 0.332 e. The van der Waals surface area contributed by atoms with E-state index in [0.717, 1.165) is 37.9 Å². The molecule has 0 aromatic heterocycles. The maximum absolute atomic E-state index is 11.8. The highest BCUT2D eigenvalue weighted by atomic mass is 16.7. The lowest BCUT2D eigenvalue weighted by molar-refractivity contribution is -0.158. The van der Waals surface area contributed by atoms with Gasteiger partial charge < -0.3 is 18.9 Å². The second-order valence-electron chi connectivity index (χ2n) is 10.7. The summed E-state index contributed by atoms with van der Waals surface area (Å²) in [6.07, 6.45) is 11.9. The number of carbonyl (C=O) groups is 1. The number of ether oxygens (including phenoxy) is 4. The quantitative estimate of drug-likeness (QED) is 0.492. The van der Waals surface area contributed by atoms with Gasteiger partial charge in [-0.3, -0.25) is 0 Å². The summed E-state index contributed by atoms with van der Waals surface area (Å²) in [6, 6.07) is 0. The van der Waals surface area contributed by atoms with E-state index in [0.29, 0.717) is 12.5 Å². The van der Waals surface area contributed by atoms with Crippen molar-refractivity contribution in [3.8, 4) is 0 Å². The van der Waals surface area contributed by atoms with Crippen molar-refractivity contribution in [3.63, 3.8) is 0 Å². The number of rotatable bonds is 4. The van der Waals surface area contributed by atoms with Crippen molar-refractivity contribution in [1.82, 2.24) is 0 Å². The minimum absolute atomic E-state index is 0.0988. The van der Waals surface area contributed by atoms with E-state index in [1.54, 1.807) is 5.57 Å². The molecule has 0 aromatic carbocycles. The Bertz CT molecular complexity index is 710. The van der Waals surface area contributed by atoms with Crippen LogP contribution >= 0.6 is 0 Å². The van der Waals surface area contributed by atoms with Crippen LogP contribution in [0.25, 0.3) is 0 Å². The average molecular weight is 419 g/mol. The van der Waals surface area contributed by atoms with Crippen LogP contribution in [0.5, 0.6) is 0 Å². The molecule has 1 spiro atoms. The smallest absolute Gasteiger partial charge is 0.332 e. The van der Waals surface area contributed by atoms with Crippen molar-refractivity contribution in [1.29, 1.82) is 0 Å². The molecule has 5 heteroatoms. The van der Waals surface area contributed by atoms with Gasteiger partial charge in [0.15, 0.2) is 5.79 Å². The molecule has 0 amide bonds. The molecule has 0 unspecified atom stereocenters. The van der Waals surface area contributed by atoms with Gasteiger partial charge in [-0.2, -0.15) is 0 Å². The van der Waals surface area contributed by atoms with Crippen molar-refractivity contribution >= 4 is 5.97 Å². The first kappa shape index (κ1) is 21.0. The topological polar surface area (TPSA) is 54.0 Å². The largest absolute Gasteiger partial charge is 0.464 e. The van der Waals surface area contributed by atoms with Gasteiger partial charge >= 0.3 is 5.97 Å². The second-order valence-corrected chi connectivity index (χ2v) is 10.7. The predicted molar refractivity (Wildman–Crippen MR) is 113 cm³/mol. The summed E-state index contributed by atoms with van der Waals surface area (Å²) in [5.74, 6) is 1.56. The normalized spacial score (nSPS) is 44.2. The van der Waals surface area contributed by atoms with E-state index in [9.17, 15) is 4.79 Å². The van der Waals surface area contributed by atoms with Crippen molar-refractivity contribution < 1.29 is 23.7 Å². The number of fused-ring (bicyclic) bond motifs is 5. The predicted octanol–water partition coefficient (Wildman–Crippen LogP) is 4.64. The van der Waals surface area contributed by atoms with Gasteiger partial charge in [0.1, 0.15) is 6.61 Å². The molecule has 1 aliphatic heterocycles. The number of carbonyl (C=O) groups excluding carboxylic acids is 1. The molecule has 1 saturated heterocycles. The van der Waals surface area contributed by atoms with E-state index in [1.165, 1.54) is 38.5 Å². The minimum Gasteiger partial charge on any atom is -0.464 e. The monoisotopic (exact) mass is 418 g/mol. The zero-order valence-corrected chi connectivity index (χ0v) is 18.9. The van der Waals surface area contributed by atoms with Crippen LogP contribution in [0, 0.1) is 28.6 Å². The number of hydrogen-bond donors (Lipinski definition) is 0. The van der Waals surface area contributed by atoms with E-state index < -0.39 is 5.79 Å². The lowest BCUT2D eigenvalue weighted by Crippen LogP contribution is -2.52. The summed E-state index contributed by atoms with van der Waals surface area (Å²) in [5.41, 5.74) is 2.07. The molecular weight excluding hydrogens is 380 g/mol. The minimum atomic E-state index is -0.426. The number of hydrogen-bond acceptors (Lipinski definition) is 5. The lowest BCUT2D eigenvalue weighted by Gasteiger charge is -2.59. The summed E-state index contributed by atoms with van der Waals surface area (Å²) in [5, 5.41) is 0. The Morgan fingerprint density at radius 2 is 1.87 bits per heavy atom. The Kier molecular flexibility index (Phi) is 5.31. The fraction of sp³-hybridized carbons (Fsp3) is 0.880. The van der Waals surface area contributed by atoms with E-state index >= 15 is 0 Å². The van der Waals surface area contributed by atoms with Crippen LogP contribution in [-0.4, -0.2) is 44.3 Å². The Morgan fingerprint density at radius 3 is 2.63 bits per heavy atom. The molecule has 0 bridgehead atoms. The van der Waals surface area contributed by atoms with E-state index in [-0.39, 0.29) is 29.5 Å². The van der Waals surface area contributed by atoms with E-state index in [4.69, 9.17) is 18.9 Å². The summed E-state index contributed by atoms with van der Waals surface area (Å²) in [6.45, 7) is 8.75. The van der Waals surface area contributed by atoms with Crippen LogP contribution in [0.15, 0.2) is 11.6 Å². The van der Waals surface area contributed by atoms with Crippen molar-refractivity contribution in [2.75, 3.05) is 26.4 Å². The van der Waals surface area contributed by atoms with E-state index in [2.05, 4.69) is 19.9 Å². The standard InChI is InChI=1S/C25H38O5/c1-4-27-22(26)16-28-21-8-7-19-18-6-5-17-15-25(29-13-14-30-25)12-11-23(17,2)20(18)9-10-24(19,21)3/h15,18-21H,4-14,16H2,1-3H3/t18-,19-,20-,21-,23-,24-/m0/s1. The van der Waals surface area contributed by atoms with Gasteiger partial charge in [0, 0.05) is 6.42 Å². The summed E-state index contributed by atoms with van der Waals surface area (Å²) in [4.78, 5) is 11.8. The van der Waals surface area contributed by atoms with Crippen molar-refractivity contribution in [3.05, 3.63) is 11.6 Å². The van der Waals surface area contributed by atoms with Gasteiger partial charge in [-0.1, -0.05) is 19.4 Å². The van der Waals surface area contributed by atoms with E-state index in [1.807, 2.05) is 6.92 Å². The SMILES string of the molecule is CCOC(=O)CO[C@H]1CC[C@H]2[C@@H]3CCC4=CC5(CC[C@]4(C)[C@H]3CC[C@]12C)OCCO5. The highest BCUT2D eigenvalue weighted by molar-refractivity contribution is 5.70. The maximum atomic E-state index is 11.8. The van der Waals surface area contributed by atoms with Gasteiger partial charge in [0.25, 0.3) is 0 Å². The first-order valence-corrected chi connectivity index (χ1v) is 12.2. The molecule has 4 fully saturated rings. The third kappa shape index (κ3) is 3.18. The molecule has 4 aliphatic carbocycles. The fourth-order valence-corrected chi connectivity index (χ4v) is 7.98. The molecule has 30 heavy (non-hydrogen) atoms. The van der Waals surface area contributed by atoms with Crippen LogP contribution in [0.3, 0.4) is 0 Å². The van der Waals surface area contributed by atoms with Crippen LogP contribution in [0.4, 0.5) is 0 Å². The Balaban J connectivity index is 1.32.